The van der Waals surface area contributed by atoms with Gasteiger partial charge in [-0.2, -0.15) is 0 Å². The second-order valence-corrected chi connectivity index (χ2v) is 4.22. The predicted molar refractivity (Wildman–Crippen MR) is 57.5 cm³/mol. The molecular formula is C12H16N2. The Labute approximate surface area is 84.8 Å². The third-order valence-corrected chi connectivity index (χ3v) is 3.31. The molecule has 1 saturated heterocycles. The molecule has 2 N–H and O–H groups in total. The first-order valence-electron chi connectivity index (χ1n) is 5.52. The van der Waals surface area contributed by atoms with Gasteiger partial charge in [-0.1, -0.05) is 24.3 Å². The number of rotatable bonds is 0. The number of allylic oxidation sites excluding steroid dienone is 2. The van der Waals surface area contributed by atoms with E-state index in [0.29, 0.717) is 11.8 Å². The van der Waals surface area contributed by atoms with Crippen molar-refractivity contribution in [3.8, 4) is 0 Å². The van der Waals surface area contributed by atoms with Crippen molar-refractivity contribution < 1.29 is 0 Å². The standard InChI is InChI=1S/C12H16N2/c1-3-9-5-6-10-4-2-8-14-12(10)11(9)13-7-1/h1,3,5-6,9-10,13-14H,2,4,7-8H2. The van der Waals surface area contributed by atoms with Gasteiger partial charge in [-0.3, -0.25) is 0 Å². The first-order valence-corrected chi connectivity index (χ1v) is 5.52. The van der Waals surface area contributed by atoms with Gasteiger partial charge in [0.25, 0.3) is 0 Å². The lowest BCUT2D eigenvalue weighted by atomic mass is 9.84. The maximum Gasteiger partial charge on any atom is 0.0416 e. The fraction of sp³-hybridized carbons (Fsp3) is 0.500. The highest BCUT2D eigenvalue weighted by Gasteiger charge is 2.27. The Kier molecular flexibility index (Phi) is 1.86. The molecule has 0 radical (unpaired) electrons. The summed E-state index contributed by atoms with van der Waals surface area (Å²) in [5, 5.41) is 7.05. The van der Waals surface area contributed by atoms with Crippen LogP contribution in [0.1, 0.15) is 12.8 Å². The molecule has 1 aliphatic carbocycles. The van der Waals surface area contributed by atoms with Crippen molar-refractivity contribution >= 4 is 0 Å². The van der Waals surface area contributed by atoms with E-state index in [0.717, 1.165) is 13.1 Å². The topological polar surface area (TPSA) is 24.1 Å². The van der Waals surface area contributed by atoms with Gasteiger partial charge in [0, 0.05) is 36.3 Å². The fourth-order valence-electron chi connectivity index (χ4n) is 2.59. The molecule has 0 bridgehead atoms. The highest BCUT2D eigenvalue weighted by molar-refractivity contribution is 5.35. The van der Waals surface area contributed by atoms with Gasteiger partial charge in [-0.15, -0.1) is 0 Å². The summed E-state index contributed by atoms with van der Waals surface area (Å²) in [7, 11) is 0. The first-order chi connectivity index (χ1) is 6.95. The summed E-state index contributed by atoms with van der Waals surface area (Å²) in [6, 6.07) is 0. The van der Waals surface area contributed by atoms with Crippen LogP contribution in [0.25, 0.3) is 0 Å². The van der Waals surface area contributed by atoms with E-state index in [9.17, 15) is 0 Å². The van der Waals surface area contributed by atoms with E-state index in [2.05, 4.69) is 34.9 Å². The van der Waals surface area contributed by atoms with Crippen LogP contribution in [0, 0.1) is 11.8 Å². The molecule has 2 aliphatic heterocycles. The minimum absolute atomic E-state index is 0.501. The van der Waals surface area contributed by atoms with Crippen LogP contribution in [-0.4, -0.2) is 13.1 Å². The molecule has 14 heavy (non-hydrogen) atoms. The summed E-state index contributed by atoms with van der Waals surface area (Å²) in [6.07, 6.45) is 11.8. The Morgan fingerprint density at radius 3 is 3.07 bits per heavy atom. The summed E-state index contributed by atoms with van der Waals surface area (Å²) in [5.74, 6) is 1.15. The van der Waals surface area contributed by atoms with Gasteiger partial charge < -0.3 is 10.6 Å². The minimum Gasteiger partial charge on any atom is -0.386 e. The van der Waals surface area contributed by atoms with Crippen molar-refractivity contribution in [1.29, 1.82) is 0 Å². The molecule has 0 amide bonds. The van der Waals surface area contributed by atoms with Crippen molar-refractivity contribution in [3.63, 3.8) is 0 Å². The first kappa shape index (κ1) is 8.16. The zero-order valence-electron chi connectivity index (χ0n) is 8.29. The number of hydrogen-bond acceptors (Lipinski definition) is 2. The molecule has 2 atom stereocenters. The van der Waals surface area contributed by atoms with Gasteiger partial charge >= 0.3 is 0 Å². The summed E-state index contributed by atoms with van der Waals surface area (Å²) in [6.45, 7) is 2.12. The monoisotopic (exact) mass is 188 g/mol. The van der Waals surface area contributed by atoms with Crippen molar-refractivity contribution in [2.24, 2.45) is 11.8 Å². The lowest BCUT2D eigenvalue weighted by Crippen LogP contribution is -2.36. The second-order valence-electron chi connectivity index (χ2n) is 4.22. The maximum absolute atomic E-state index is 3.55. The molecule has 2 unspecified atom stereocenters. The lowest BCUT2D eigenvalue weighted by molar-refractivity contribution is 0.476. The average Bonchev–Trinajstić information content (AvgIpc) is 2.29. The van der Waals surface area contributed by atoms with Crippen molar-refractivity contribution in [1.82, 2.24) is 10.6 Å². The maximum atomic E-state index is 3.55. The molecule has 2 heterocycles. The van der Waals surface area contributed by atoms with Gasteiger partial charge in [0.15, 0.2) is 0 Å². The number of piperidine rings is 1. The van der Waals surface area contributed by atoms with Crippen molar-refractivity contribution in [3.05, 3.63) is 35.7 Å². The second kappa shape index (κ2) is 3.19. The molecule has 0 aromatic heterocycles. The normalized spacial score (nSPS) is 34.3. The van der Waals surface area contributed by atoms with Crippen LogP contribution in [0.3, 0.4) is 0 Å². The predicted octanol–water partition coefficient (Wildman–Crippen LogP) is 1.54. The molecule has 1 fully saturated rings. The van der Waals surface area contributed by atoms with E-state index < -0.39 is 0 Å². The molecular weight excluding hydrogens is 172 g/mol. The van der Waals surface area contributed by atoms with E-state index in [1.807, 2.05) is 0 Å². The largest absolute Gasteiger partial charge is 0.386 e. The van der Waals surface area contributed by atoms with Crippen LogP contribution in [0.5, 0.6) is 0 Å². The smallest absolute Gasteiger partial charge is 0.0416 e. The van der Waals surface area contributed by atoms with Crippen LogP contribution in [0.2, 0.25) is 0 Å². The van der Waals surface area contributed by atoms with Crippen molar-refractivity contribution in [2.45, 2.75) is 12.8 Å². The van der Waals surface area contributed by atoms with Gasteiger partial charge in [0.05, 0.1) is 0 Å². The zero-order valence-corrected chi connectivity index (χ0v) is 8.29. The minimum atomic E-state index is 0.501. The molecule has 2 heteroatoms. The van der Waals surface area contributed by atoms with Crippen LogP contribution in [-0.2, 0) is 0 Å². The molecule has 3 rings (SSSR count). The molecule has 2 nitrogen and oxygen atoms in total. The SMILES string of the molecule is C1=CC2C=CC3CCCNC3=C2NC1. The number of fused-ring (bicyclic) bond motifs is 2. The Bertz CT molecular complexity index is 325. The Morgan fingerprint density at radius 2 is 2.07 bits per heavy atom. The molecule has 74 valence electrons. The Morgan fingerprint density at radius 1 is 1.07 bits per heavy atom. The van der Waals surface area contributed by atoms with Gasteiger partial charge in [-0.05, 0) is 12.8 Å². The van der Waals surface area contributed by atoms with Crippen molar-refractivity contribution in [2.75, 3.05) is 13.1 Å². The number of hydrogen-bond donors (Lipinski definition) is 2. The van der Waals surface area contributed by atoms with Crippen LogP contribution in [0.4, 0.5) is 0 Å². The number of nitrogens with one attached hydrogen (secondary N) is 2. The van der Waals surface area contributed by atoms with Crippen LogP contribution in [0.15, 0.2) is 35.7 Å². The van der Waals surface area contributed by atoms with Crippen LogP contribution < -0.4 is 10.6 Å². The van der Waals surface area contributed by atoms with E-state index in [1.54, 1.807) is 0 Å². The van der Waals surface area contributed by atoms with E-state index in [1.165, 1.54) is 24.2 Å². The fourth-order valence-corrected chi connectivity index (χ4v) is 2.59. The lowest BCUT2D eigenvalue weighted by Gasteiger charge is -2.34. The van der Waals surface area contributed by atoms with Gasteiger partial charge in [0.2, 0.25) is 0 Å². The quantitative estimate of drug-likeness (QED) is 0.563. The van der Waals surface area contributed by atoms with E-state index >= 15 is 0 Å². The van der Waals surface area contributed by atoms with Gasteiger partial charge in [-0.25, -0.2) is 0 Å². The highest BCUT2D eigenvalue weighted by atomic mass is 15.0. The molecule has 0 aromatic carbocycles. The summed E-state index contributed by atoms with van der Waals surface area (Å²) < 4.78 is 0. The molecule has 0 aromatic rings. The van der Waals surface area contributed by atoms with Gasteiger partial charge in [0.1, 0.15) is 0 Å². The highest BCUT2D eigenvalue weighted by Crippen LogP contribution is 2.32. The summed E-state index contributed by atoms with van der Waals surface area (Å²) >= 11 is 0. The molecule has 0 spiro atoms. The summed E-state index contributed by atoms with van der Waals surface area (Å²) in [4.78, 5) is 0. The zero-order chi connectivity index (χ0) is 9.38. The van der Waals surface area contributed by atoms with E-state index in [-0.39, 0.29) is 0 Å². The third kappa shape index (κ3) is 1.17. The summed E-state index contributed by atoms with van der Waals surface area (Å²) in [5.41, 5.74) is 2.87. The van der Waals surface area contributed by atoms with E-state index in [4.69, 9.17) is 0 Å². The molecule has 0 saturated carbocycles. The Hall–Kier alpha value is -1.18. The Balaban J connectivity index is 1.99. The van der Waals surface area contributed by atoms with Crippen LogP contribution >= 0.6 is 0 Å². The molecule has 3 aliphatic rings. The average molecular weight is 188 g/mol. The third-order valence-electron chi connectivity index (χ3n) is 3.31.